The van der Waals surface area contributed by atoms with Crippen molar-refractivity contribution in [1.82, 2.24) is 10.2 Å². The second-order valence-corrected chi connectivity index (χ2v) is 9.28. The molecule has 0 aromatic heterocycles. The zero-order chi connectivity index (χ0) is 26.2. The largest absolute Gasteiger partial charge is 0.483 e. The third-order valence-electron chi connectivity index (χ3n) is 6.07. The molecular formula is C31H31FN2O3. The lowest BCUT2D eigenvalue weighted by Gasteiger charge is -2.32. The lowest BCUT2D eigenvalue weighted by Crippen LogP contribution is -2.52. The van der Waals surface area contributed by atoms with E-state index in [9.17, 15) is 14.0 Å². The van der Waals surface area contributed by atoms with Crippen molar-refractivity contribution in [2.24, 2.45) is 0 Å². The van der Waals surface area contributed by atoms with Crippen LogP contribution < -0.4 is 10.1 Å². The molecule has 0 aliphatic carbocycles. The van der Waals surface area contributed by atoms with Gasteiger partial charge >= 0.3 is 0 Å². The van der Waals surface area contributed by atoms with Gasteiger partial charge in [-0.15, -0.1) is 0 Å². The van der Waals surface area contributed by atoms with E-state index >= 15 is 0 Å². The fraction of sp³-hybridized carbons (Fsp3) is 0.226. The molecule has 1 N–H and O–H groups in total. The molecule has 4 aromatic rings. The zero-order valence-electron chi connectivity index (χ0n) is 21.1. The van der Waals surface area contributed by atoms with Gasteiger partial charge in [0.2, 0.25) is 5.91 Å². The van der Waals surface area contributed by atoms with Gasteiger partial charge in [-0.25, -0.2) is 4.39 Å². The van der Waals surface area contributed by atoms with Crippen LogP contribution in [0.1, 0.15) is 25.0 Å². The summed E-state index contributed by atoms with van der Waals surface area (Å²) in [6, 6.07) is 28.2. The number of hydrogen-bond acceptors (Lipinski definition) is 3. The van der Waals surface area contributed by atoms with Crippen molar-refractivity contribution >= 4 is 22.6 Å². The first-order valence-corrected chi connectivity index (χ1v) is 12.4. The van der Waals surface area contributed by atoms with Crippen molar-refractivity contribution < 1.29 is 18.7 Å². The van der Waals surface area contributed by atoms with Gasteiger partial charge in [0, 0.05) is 24.4 Å². The number of carbonyl (C=O) groups is 2. The van der Waals surface area contributed by atoms with Crippen molar-refractivity contribution in [2.75, 3.05) is 6.61 Å². The number of ether oxygens (including phenoxy) is 1. The molecule has 5 nitrogen and oxygen atoms in total. The highest BCUT2D eigenvalue weighted by molar-refractivity contribution is 5.90. The van der Waals surface area contributed by atoms with Crippen LogP contribution in [-0.4, -0.2) is 35.4 Å². The highest BCUT2D eigenvalue weighted by atomic mass is 19.1. The summed E-state index contributed by atoms with van der Waals surface area (Å²) in [7, 11) is 0. The maximum atomic E-state index is 13.7. The second kappa shape index (κ2) is 12.2. The fourth-order valence-electron chi connectivity index (χ4n) is 4.27. The summed E-state index contributed by atoms with van der Waals surface area (Å²) in [4.78, 5) is 28.6. The molecule has 1 unspecified atom stereocenters. The number of carbonyl (C=O) groups excluding carboxylic acids is 2. The van der Waals surface area contributed by atoms with Crippen LogP contribution in [0.5, 0.6) is 5.75 Å². The Hall–Kier alpha value is -4.19. The van der Waals surface area contributed by atoms with Crippen LogP contribution >= 0.6 is 0 Å². The van der Waals surface area contributed by atoms with E-state index < -0.39 is 6.04 Å². The van der Waals surface area contributed by atoms with Crippen LogP contribution in [0.15, 0.2) is 97.1 Å². The molecule has 190 valence electrons. The van der Waals surface area contributed by atoms with E-state index in [2.05, 4.69) is 5.32 Å². The van der Waals surface area contributed by atoms with Gasteiger partial charge in [-0.3, -0.25) is 9.59 Å². The number of hydrogen-bond donors (Lipinski definition) is 1. The number of nitrogens with one attached hydrogen (secondary N) is 1. The van der Waals surface area contributed by atoms with Crippen molar-refractivity contribution in [1.29, 1.82) is 0 Å². The molecule has 0 saturated carbocycles. The molecule has 4 rings (SSSR count). The van der Waals surface area contributed by atoms with E-state index in [1.807, 2.05) is 86.6 Å². The van der Waals surface area contributed by atoms with Crippen molar-refractivity contribution in [3.8, 4) is 5.75 Å². The Morgan fingerprint density at radius 3 is 2.24 bits per heavy atom. The van der Waals surface area contributed by atoms with E-state index in [-0.39, 0.29) is 36.8 Å². The standard InChI is InChI=1S/C31H31FN2O3/c1-22(2)33-31(36)28(19-23-9-4-3-5-10-23)34(20-24-15-17-26(32)18-16-24)30(35)21-37-29-14-8-12-25-11-6-7-13-27(25)29/h3-18,22,28H,19-21H2,1-2H3,(H,33,36). The number of nitrogens with zero attached hydrogens (tertiary/aromatic N) is 1. The first-order valence-electron chi connectivity index (χ1n) is 12.4. The molecule has 1 atom stereocenters. The van der Waals surface area contributed by atoms with E-state index in [1.54, 1.807) is 12.1 Å². The monoisotopic (exact) mass is 498 g/mol. The minimum atomic E-state index is -0.779. The number of fused-ring (bicyclic) bond motifs is 1. The molecule has 0 aliphatic rings. The lowest BCUT2D eigenvalue weighted by atomic mass is 10.0. The van der Waals surface area contributed by atoms with E-state index in [4.69, 9.17) is 4.74 Å². The zero-order valence-corrected chi connectivity index (χ0v) is 21.1. The Morgan fingerprint density at radius 1 is 0.838 bits per heavy atom. The number of rotatable bonds is 10. The summed E-state index contributed by atoms with van der Waals surface area (Å²) < 4.78 is 19.6. The van der Waals surface area contributed by atoms with Crippen LogP contribution in [-0.2, 0) is 22.6 Å². The average molecular weight is 499 g/mol. The number of benzene rings is 4. The van der Waals surface area contributed by atoms with E-state index in [1.165, 1.54) is 17.0 Å². The summed E-state index contributed by atoms with van der Waals surface area (Å²) in [6.07, 6.45) is 0.334. The molecule has 0 heterocycles. The number of halogens is 1. The van der Waals surface area contributed by atoms with Gasteiger partial charge in [0.25, 0.3) is 5.91 Å². The van der Waals surface area contributed by atoms with Crippen LogP contribution in [0.25, 0.3) is 10.8 Å². The molecule has 4 aromatic carbocycles. The summed E-state index contributed by atoms with van der Waals surface area (Å²) >= 11 is 0. The third kappa shape index (κ3) is 6.94. The van der Waals surface area contributed by atoms with Gasteiger partial charge in [0.05, 0.1) is 0 Å². The molecule has 0 saturated heterocycles. The quantitative estimate of drug-likeness (QED) is 0.313. The van der Waals surface area contributed by atoms with Gasteiger partial charge < -0.3 is 15.0 Å². The summed E-state index contributed by atoms with van der Waals surface area (Å²) in [5.74, 6) is -0.352. The predicted molar refractivity (Wildman–Crippen MR) is 144 cm³/mol. The minimum Gasteiger partial charge on any atom is -0.483 e. The van der Waals surface area contributed by atoms with E-state index in [0.717, 1.165) is 21.9 Å². The molecule has 0 radical (unpaired) electrons. The fourth-order valence-corrected chi connectivity index (χ4v) is 4.27. The van der Waals surface area contributed by atoms with Gasteiger partial charge in [0.1, 0.15) is 17.6 Å². The molecule has 0 bridgehead atoms. The topological polar surface area (TPSA) is 58.6 Å². The molecule has 0 aliphatic heterocycles. The first kappa shape index (κ1) is 25.9. The molecule has 37 heavy (non-hydrogen) atoms. The Labute approximate surface area is 216 Å². The third-order valence-corrected chi connectivity index (χ3v) is 6.07. The molecule has 6 heteroatoms. The average Bonchev–Trinajstić information content (AvgIpc) is 2.90. The van der Waals surface area contributed by atoms with Gasteiger partial charge in [-0.2, -0.15) is 0 Å². The number of amides is 2. The Balaban J connectivity index is 1.64. The summed E-state index contributed by atoms with van der Waals surface area (Å²) in [5, 5.41) is 4.87. The predicted octanol–water partition coefficient (Wildman–Crippen LogP) is 5.52. The molecule has 2 amide bonds. The highest BCUT2D eigenvalue weighted by Crippen LogP contribution is 2.25. The lowest BCUT2D eigenvalue weighted by molar-refractivity contribution is -0.143. The van der Waals surface area contributed by atoms with Gasteiger partial charge in [0.15, 0.2) is 6.61 Å². The van der Waals surface area contributed by atoms with E-state index in [0.29, 0.717) is 12.2 Å². The SMILES string of the molecule is CC(C)NC(=O)C(Cc1ccccc1)N(Cc1ccc(F)cc1)C(=O)COc1cccc2ccccc12. The maximum Gasteiger partial charge on any atom is 0.261 e. The van der Waals surface area contributed by atoms with Crippen LogP contribution in [0.3, 0.4) is 0 Å². The van der Waals surface area contributed by atoms with Gasteiger partial charge in [-0.1, -0.05) is 78.9 Å². The first-order chi connectivity index (χ1) is 17.9. The Morgan fingerprint density at radius 2 is 1.51 bits per heavy atom. The van der Waals surface area contributed by atoms with Gasteiger partial charge in [-0.05, 0) is 48.6 Å². The summed E-state index contributed by atoms with van der Waals surface area (Å²) in [6.45, 7) is 3.66. The minimum absolute atomic E-state index is 0.0968. The van der Waals surface area contributed by atoms with Crippen LogP contribution in [0.4, 0.5) is 4.39 Å². The van der Waals surface area contributed by atoms with Crippen LogP contribution in [0, 0.1) is 5.82 Å². The van der Waals surface area contributed by atoms with Crippen LogP contribution in [0.2, 0.25) is 0 Å². The van der Waals surface area contributed by atoms with Crippen molar-refractivity contribution in [3.05, 3.63) is 114 Å². The smallest absolute Gasteiger partial charge is 0.261 e. The van der Waals surface area contributed by atoms with Crippen molar-refractivity contribution in [3.63, 3.8) is 0 Å². The Bertz CT molecular complexity index is 1330. The highest BCUT2D eigenvalue weighted by Gasteiger charge is 2.31. The summed E-state index contributed by atoms with van der Waals surface area (Å²) in [5.41, 5.74) is 1.65. The Kier molecular flexibility index (Phi) is 8.52. The van der Waals surface area contributed by atoms with Crippen molar-refractivity contribution in [2.45, 2.75) is 38.9 Å². The maximum absolute atomic E-state index is 13.7. The normalized spacial score (nSPS) is 11.8. The molecule has 0 spiro atoms. The molecular weight excluding hydrogens is 467 g/mol. The molecule has 0 fully saturated rings. The second-order valence-electron chi connectivity index (χ2n) is 9.28.